The van der Waals surface area contributed by atoms with Crippen molar-refractivity contribution in [3.8, 4) is 0 Å². The lowest BCUT2D eigenvalue weighted by atomic mass is 10.1. The predicted octanol–water partition coefficient (Wildman–Crippen LogP) is 3.28. The molecule has 0 amide bonds. The Morgan fingerprint density at radius 3 is 3.00 bits per heavy atom. The zero-order chi connectivity index (χ0) is 13.0. The molecule has 2 aromatic heterocycles. The molecule has 4 nitrogen and oxygen atoms in total. The van der Waals surface area contributed by atoms with E-state index in [2.05, 4.69) is 44.4 Å². The van der Waals surface area contributed by atoms with Crippen molar-refractivity contribution in [3.63, 3.8) is 0 Å². The van der Waals surface area contributed by atoms with Gasteiger partial charge >= 0.3 is 0 Å². The van der Waals surface area contributed by atoms with Gasteiger partial charge in [0.15, 0.2) is 5.82 Å². The molecule has 0 radical (unpaired) electrons. The molecule has 2 heterocycles. The number of anilines is 2. The van der Waals surface area contributed by atoms with Crippen molar-refractivity contribution in [3.05, 3.63) is 33.6 Å². The van der Waals surface area contributed by atoms with Gasteiger partial charge in [-0.1, -0.05) is 11.6 Å². The average Bonchev–Trinajstić information content (AvgIpc) is 2.84. The molecule has 0 saturated heterocycles. The predicted molar refractivity (Wildman–Crippen MR) is 77.7 cm³/mol. The first-order valence-corrected chi connectivity index (χ1v) is 6.99. The second-order valence-corrected chi connectivity index (χ2v) is 5.21. The highest BCUT2D eigenvalue weighted by Crippen LogP contribution is 2.21. The Morgan fingerprint density at radius 1 is 1.50 bits per heavy atom. The van der Waals surface area contributed by atoms with Crippen molar-refractivity contribution in [1.82, 2.24) is 9.97 Å². The van der Waals surface area contributed by atoms with E-state index in [1.165, 1.54) is 5.56 Å². The molecule has 0 aliphatic carbocycles. The third kappa shape index (κ3) is 3.34. The van der Waals surface area contributed by atoms with Crippen LogP contribution in [0.3, 0.4) is 0 Å². The zero-order valence-electron chi connectivity index (χ0n) is 10.3. The van der Waals surface area contributed by atoms with Crippen molar-refractivity contribution in [2.24, 2.45) is 0 Å². The van der Waals surface area contributed by atoms with Gasteiger partial charge in [0.05, 0.1) is 6.20 Å². The monoisotopic (exact) mass is 282 g/mol. The highest BCUT2D eigenvalue weighted by atomic mass is 35.5. The number of thiophene rings is 1. The van der Waals surface area contributed by atoms with Crippen LogP contribution in [-0.4, -0.2) is 23.1 Å². The standard InChI is InChI=1S/C12H15ClN4S/c1-8(5-9-3-4-18-7-9)16-11-10(13)6-15-12(14-2)17-11/h3-4,6-8H,5H2,1-2H3,(H2,14,15,16,17). The van der Waals surface area contributed by atoms with Crippen LogP contribution in [0.15, 0.2) is 23.0 Å². The lowest BCUT2D eigenvalue weighted by molar-refractivity contribution is 0.786. The SMILES string of the molecule is CNc1ncc(Cl)c(NC(C)Cc2ccsc2)n1. The summed E-state index contributed by atoms with van der Waals surface area (Å²) in [6.07, 6.45) is 2.54. The van der Waals surface area contributed by atoms with E-state index in [0.717, 1.165) is 6.42 Å². The molecule has 2 rings (SSSR count). The minimum atomic E-state index is 0.261. The maximum Gasteiger partial charge on any atom is 0.224 e. The van der Waals surface area contributed by atoms with Crippen LogP contribution < -0.4 is 10.6 Å². The Kier molecular flexibility index (Phi) is 4.38. The lowest BCUT2D eigenvalue weighted by Gasteiger charge is -2.15. The summed E-state index contributed by atoms with van der Waals surface area (Å²) in [7, 11) is 1.78. The number of hydrogen-bond donors (Lipinski definition) is 2. The molecule has 2 aromatic rings. The first kappa shape index (κ1) is 13.1. The van der Waals surface area contributed by atoms with E-state index in [4.69, 9.17) is 11.6 Å². The fraction of sp³-hybridized carbons (Fsp3) is 0.333. The molecule has 18 heavy (non-hydrogen) atoms. The van der Waals surface area contributed by atoms with Crippen LogP contribution >= 0.6 is 22.9 Å². The average molecular weight is 283 g/mol. The number of hydrogen-bond acceptors (Lipinski definition) is 5. The highest BCUT2D eigenvalue weighted by molar-refractivity contribution is 7.07. The van der Waals surface area contributed by atoms with E-state index < -0.39 is 0 Å². The zero-order valence-corrected chi connectivity index (χ0v) is 11.8. The molecule has 0 fully saturated rings. The molecule has 0 aliphatic heterocycles. The van der Waals surface area contributed by atoms with Crippen molar-refractivity contribution < 1.29 is 0 Å². The summed E-state index contributed by atoms with van der Waals surface area (Å²) in [5.74, 6) is 1.23. The molecule has 1 atom stereocenters. The Hall–Kier alpha value is -1.33. The van der Waals surface area contributed by atoms with Crippen molar-refractivity contribution in [2.75, 3.05) is 17.7 Å². The number of halogens is 1. The summed E-state index contributed by atoms with van der Waals surface area (Å²) in [6, 6.07) is 2.39. The summed E-state index contributed by atoms with van der Waals surface area (Å²) < 4.78 is 0. The molecule has 2 N–H and O–H groups in total. The van der Waals surface area contributed by atoms with E-state index in [1.54, 1.807) is 24.6 Å². The van der Waals surface area contributed by atoms with Crippen molar-refractivity contribution >= 4 is 34.7 Å². The van der Waals surface area contributed by atoms with Crippen molar-refractivity contribution in [2.45, 2.75) is 19.4 Å². The molecule has 0 aliphatic rings. The number of nitrogens with one attached hydrogen (secondary N) is 2. The molecule has 6 heteroatoms. The molecule has 0 bridgehead atoms. The van der Waals surface area contributed by atoms with E-state index in [1.807, 2.05) is 0 Å². The van der Waals surface area contributed by atoms with E-state index in [-0.39, 0.29) is 6.04 Å². The normalized spacial score (nSPS) is 12.2. The van der Waals surface area contributed by atoms with Crippen molar-refractivity contribution in [1.29, 1.82) is 0 Å². The fourth-order valence-electron chi connectivity index (χ4n) is 1.64. The topological polar surface area (TPSA) is 49.8 Å². The summed E-state index contributed by atoms with van der Waals surface area (Å²) in [5.41, 5.74) is 1.32. The highest BCUT2D eigenvalue weighted by Gasteiger charge is 2.09. The van der Waals surface area contributed by atoms with Crippen LogP contribution in [0.2, 0.25) is 5.02 Å². The van der Waals surface area contributed by atoms with Crippen LogP contribution in [0, 0.1) is 0 Å². The maximum absolute atomic E-state index is 6.07. The van der Waals surface area contributed by atoms with Gasteiger partial charge in [-0.15, -0.1) is 0 Å². The van der Waals surface area contributed by atoms with Gasteiger partial charge in [0.2, 0.25) is 5.95 Å². The van der Waals surface area contributed by atoms with Crippen LogP contribution in [-0.2, 0) is 6.42 Å². The van der Waals surface area contributed by atoms with Gasteiger partial charge in [-0.05, 0) is 35.7 Å². The Morgan fingerprint density at radius 2 is 2.33 bits per heavy atom. The second-order valence-electron chi connectivity index (χ2n) is 4.02. The molecular weight excluding hydrogens is 268 g/mol. The maximum atomic E-state index is 6.07. The molecule has 0 spiro atoms. The smallest absolute Gasteiger partial charge is 0.224 e. The summed E-state index contributed by atoms with van der Waals surface area (Å²) in [6.45, 7) is 2.11. The van der Waals surface area contributed by atoms with E-state index in [0.29, 0.717) is 16.8 Å². The molecule has 0 aromatic carbocycles. The summed E-state index contributed by atoms with van der Waals surface area (Å²) in [4.78, 5) is 8.35. The molecule has 96 valence electrons. The van der Waals surface area contributed by atoms with Gasteiger partial charge in [0, 0.05) is 13.1 Å². The summed E-state index contributed by atoms with van der Waals surface area (Å²) in [5, 5.41) is 11.0. The van der Waals surface area contributed by atoms with E-state index in [9.17, 15) is 0 Å². The first-order chi connectivity index (χ1) is 8.69. The second kappa shape index (κ2) is 6.02. The third-order valence-electron chi connectivity index (χ3n) is 2.47. The van der Waals surface area contributed by atoms with Crippen LogP contribution in [0.25, 0.3) is 0 Å². The minimum Gasteiger partial charge on any atom is -0.366 e. The summed E-state index contributed by atoms with van der Waals surface area (Å²) >= 11 is 7.77. The van der Waals surface area contributed by atoms with Gasteiger partial charge in [-0.2, -0.15) is 16.3 Å². The van der Waals surface area contributed by atoms with Gasteiger partial charge < -0.3 is 10.6 Å². The van der Waals surface area contributed by atoms with Gasteiger partial charge in [0.1, 0.15) is 5.02 Å². The van der Waals surface area contributed by atoms with Crippen LogP contribution in [0.4, 0.5) is 11.8 Å². The number of rotatable bonds is 5. The Balaban J connectivity index is 2.04. The number of nitrogens with zero attached hydrogens (tertiary/aromatic N) is 2. The quantitative estimate of drug-likeness (QED) is 0.884. The third-order valence-corrected chi connectivity index (χ3v) is 3.48. The molecule has 0 saturated carbocycles. The van der Waals surface area contributed by atoms with E-state index >= 15 is 0 Å². The van der Waals surface area contributed by atoms with Gasteiger partial charge in [-0.25, -0.2) is 4.98 Å². The Bertz CT molecular complexity index is 501. The first-order valence-electron chi connectivity index (χ1n) is 5.67. The van der Waals surface area contributed by atoms with Gasteiger partial charge in [-0.3, -0.25) is 0 Å². The number of aromatic nitrogens is 2. The molecule has 1 unspecified atom stereocenters. The minimum absolute atomic E-state index is 0.261. The van der Waals surface area contributed by atoms with Gasteiger partial charge in [0.25, 0.3) is 0 Å². The van der Waals surface area contributed by atoms with Crippen LogP contribution in [0.1, 0.15) is 12.5 Å². The van der Waals surface area contributed by atoms with Crippen LogP contribution in [0.5, 0.6) is 0 Å². The fourth-order valence-corrected chi connectivity index (χ4v) is 2.46. The molecular formula is C12H15ClN4S. The largest absolute Gasteiger partial charge is 0.366 e. The lowest BCUT2D eigenvalue weighted by Crippen LogP contribution is -2.19. The Labute approximate surface area is 115 Å².